The first-order valence-electron chi connectivity index (χ1n) is 22.8. The third-order valence-electron chi connectivity index (χ3n) is 17.3. The molecule has 0 unspecified atom stereocenters. The van der Waals surface area contributed by atoms with E-state index in [4.69, 9.17) is 0 Å². The Bertz CT molecular complexity index is 1310. The second-order valence-electron chi connectivity index (χ2n) is 29.2. The summed E-state index contributed by atoms with van der Waals surface area (Å²) < 4.78 is 6.02. The van der Waals surface area contributed by atoms with Crippen LogP contribution in [0.4, 0.5) is 0 Å². The third-order valence-corrected chi connectivity index (χ3v) is 108. The molecular weight excluding hydrogens is 783 g/mol. The van der Waals surface area contributed by atoms with Crippen molar-refractivity contribution in [3.05, 3.63) is 0 Å². The quantitative estimate of drug-likeness (QED) is 0.187. The average Bonchev–Trinajstić information content (AvgIpc) is 3.34. The summed E-state index contributed by atoms with van der Waals surface area (Å²) in [5.41, 5.74) is 1.35. The highest BCUT2D eigenvalue weighted by atomic mass is 30.0. The first kappa shape index (κ1) is 46.0. The molecular formula is C43H95NSi9. The molecule has 0 aromatic rings. The van der Waals surface area contributed by atoms with Crippen molar-refractivity contribution in [2.75, 3.05) is 6.54 Å². The number of rotatable bonds is 11. The molecule has 5 fully saturated rings. The summed E-state index contributed by atoms with van der Waals surface area (Å²) in [4.78, 5) is 0. The average molecular weight is 879 g/mol. The summed E-state index contributed by atoms with van der Waals surface area (Å²) in [6.07, 6.45) is 14.4. The molecule has 1 spiro atoms. The molecule has 10 heteroatoms. The van der Waals surface area contributed by atoms with E-state index in [1.54, 1.807) is 64.3 Å². The summed E-state index contributed by atoms with van der Waals surface area (Å²) in [5.74, 6) is 3.15. The molecule has 0 aromatic carbocycles. The molecule has 0 aromatic heterocycles. The van der Waals surface area contributed by atoms with Crippen molar-refractivity contribution in [2.24, 2.45) is 28.6 Å². The van der Waals surface area contributed by atoms with Crippen molar-refractivity contribution >= 4 is 70.5 Å². The van der Waals surface area contributed by atoms with Crippen LogP contribution in [-0.4, -0.2) is 87.2 Å². The van der Waals surface area contributed by atoms with Gasteiger partial charge in [0, 0.05) is 54.0 Å². The van der Waals surface area contributed by atoms with Crippen molar-refractivity contribution < 1.29 is 0 Å². The Morgan fingerprint density at radius 1 is 0.509 bits per heavy atom. The Balaban J connectivity index is 2.12. The third kappa shape index (κ3) is 6.64. The van der Waals surface area contributed by atoms with E-state index in [0.29, 0.717) is 24.9 Å². The number of hydrogen-bond acceptors (Lipinski definition) is 1. The Kier molecular flexibility index (Phi) is 11.2. The number of nitrogens with zero attached hydrogens (tertiary/aromatic N) is 1. The van der Waals surface area contributed by atoms with Crippen molar-refractivity contribution in [2.45, 2.75) is 236 Å². The summed E-state index contributed by atoms with van der Waals surface area (Å²) in [6.45, 7) is 71.6. The lowest BCUT2D eigenvalue weighted by molar-refractivity contribution is -0.0563. The van der Waals surface area contributed by atoms with Crippen molar-refractivity contribution in [3.63, 3.8) is 0 Å². The van der Waals surface area contributed by atoms with Gasteiger partial charge in [0.1, 0.15) is 7.27 Å². The molecule has 2 aliphatic heterocycles. The van der Waals surface area contributed by atoms with Crippen LogP contribution in [0.5, 0.6) is 0 Å². The summed E-state index contributed by atoms with van der Waals surface area (Å²) in [6, 6.07) is 0. The van der Waals surface area contributed by atoms with E-state index in [0.717, 1.165) is 22.0 Å². The molecule has 53 heavy (non-hydrogen) atoms. The molecule has 1 saturated heterocycles. The predicted molar refractivity (Wildman–Crippen MR) is 266 cm³/mol. The minimum Gasteiger partial charge on any atom is -0.318 e. The van der Waals surface area contributed by atoms with Gasteiger partial charge in [0.05, 0.1) is 0 Å². The predicted octanol–water partition coefficient (Wildman–Crippen LogP) is 14.2. The van der Waals surface area contributed by atoms with E-state index in [-0.39, 0.29) is 0 Å². The minimum absolute atomic E-state index is 0.388. The Hall–Kier alpha value is 1.91. The lowest BCUT2D eigenvalue weighted by atomic mass is 9.53. The molecule has 6 aliphatic rings. The van der Waals surface area contributed by atoms with Crippen LogP contribution in [0.2, 0.25) is 131 Å². The molecule has 0 amide bonds. The molecule has 4 bridgehead atoms. The summed E-state index contributed by atoms with van der Waals surface area (Å²) in [5, 5.41) is 0. The van der Waals surface area contributed by atoms with Gasteiger partial charge < -0.3 is 4.57 Å². The molecule has 4 aliphatic carbocycles. The van der Waals surface area contributed by atoms with Crippen LogP contribution < -0.4 is 0 Å². The molecule has 6 rings (SSSR count). The highest BCUT2D eigenvalue weighted by Crippen LogP contribution is 2.77. The number of hydrogen-bond donors (Lipinski definition) is 0. The van der Waals surface area contributed by atoms with Gasteiger partial charge in [-0.15, -0.1) is 0 Å². The summed E-state index contributed by atoms with van der Waals surface area (Å²) >= 11 is 0. The fourth-order valence-electron chi connectivity index (χ4n) is 17.4. The van der Waals surface area contributed by atoms with Crippen molar-refractivity contribution in [1.29, 1.82) is 0 Å². The Labute approximate surface area is 343 Å². The molecule has 0 atom stereocenters. The molecule has 0 N–H and O–H groups in total. The molecule has 4 saturated carbocycles. The van der Waals surface area contributed by atoms with E-state index in [9.17, 15) is 0 Å². The van der Waals surface area contributed by atoms with E-state index in [2.05, 4.69) is 164 Å². The van der Waals surface area contributed by atoms with Gasteiger partial charge in [0.15, 0.2) is 0 Å². The van der Waals surface area contributed by atoms with Crippen molar-refractivity contribution in [1.82, 2.24) is 4.57 Å². The second kappa shape index (κ2) is 13.0. The smallest absolute Gasteiger partial charge is 0.134 e. The van der Waals surface area contributed by atoms with Gasteiger partial charge in [-0.3, -0.25) is 0 Å². The standard InChI is InChI=1S/C43H95NSi9/c1-38(2,3)33-41(47(7,8)9,48(10,11)12)45-46(42(49(13,14)15,50(16,17)18)34-39(4,5)6)53(45)43(51(19,20)21,52(22,23)24)25-26-44(53)40-30-35-27-36(31-40)29-37(28-35)32-40/h35-37H,25-34H2,1-24H3. The monoisotopic (exact) mass is 878 g/mol. The maximum atomic E-state index is 3.92. The second-order valence-corrected chi connectivity index (χ2v) is 86.7. The largest absolute Gasteiger partial charge is 0.318 e. The lowest BCUT2D eigenvalue weighted by Gasteiger charge is -2.67. The van der Waals surface area contributed by atoms with Gasteiger partial charge in [-0.05, 0) is 121 Å². The molecule has 2 heterocycles. The normalized spacial score (nSPS) is 30.2. The van der Waals surface area contributed by atoms with Crippen molar-refractivity contribution in [3.8, 4) is 0 Å². The van der Waals surface area contributed by atoms with Gasteiger partial charge in [-0.25, -0.2) is 0 Å². The minimum atomic E-state index is -2.02. The van der Waals surface area contributed by atoms with E-state index < -0.39 is 70.5 Å². The van der Waals surface area contributed by atoms with Crippen LogP contribution in [-0.2, 0) is 0 Å². The Morgan fingerprint density at radius 3 is 1.02 bits per heavy atom. The van der Waals surface area contributed by atoms with Crippen LogP contribution in [0, 0.1) is 28.6 Å². The van der Waals surface area contributed by atoms with Crippen LogP contribution in [0.1, 0.15) is 99.3 Å². The molecule has 308 valence electrons. The van der Waals surface area contributed by atoms with E-state index >= 15 is 0 Å². The van der Waals surface area contributed by atoms with Gasteiger partial charge >= 0.3 is 0 Å². The highest BCUT2D eigenvalue weighted by Gasteiger charge is 2.88. The van der Waals surface area contributed by atoms with E-state index in [1.165, 1.54) is 0 Å². The zero-order valence-corrected chi connectivity index (χ0v) is 49.8. The Morgan fingerprint density at radius 2 is 0.792 bits per heavy atom. The maximum Gasteiger partial charge on any atom is 0.134 e. The van der Waals surface area contributed by atoms with Crippen LogP contribution in [0.25, 0.3) is 0 Å². The molecule has 0 radical (unpaired) electrons. The fraction of sp³-hybridized carbons (Fsp3) is 1.00. The van der Waals surface area contributed by atoms with Crippen LogP contribution >= 0.6 is 0 Å². The summed E-state index contributed by atoms with van der Waals surface area (Å²) in [7, 11) is -13.3. The highest BCUT2D eigenvalue weighted by molar-refractivity contribution is 7.91. The zero-order valence-electron chi connectivity index (χ0n) is 40.8. The lowest BCUT2D eigenvalue weighted by Crippen LogP contribution is -2.78. The van der Waals surface area contributed by atoms with Crippen LogP contribution in [0.3, 0.4) is 0 Å². The topological polar surface area (TPSA) is 3.24 Å². The fourth-order valence-corrected chi connectivity index (χ4v) is 191. The SMILES string of the molecule is CC(C)(C)CC([Si]1=[Si](C(CC(C)(C)C)([Si](C)(C)C)[Si](C)(C)C)[Si]12N(C13CC4CC(CC(C4)C1)C3)CCC2([Si](C)(C)C)[Si](C)(C)C)([Si](C)(C)C)[Si](C)(C)C. The maximum absolute atomic E-state index is 3.92. The first-order chi connectivity index (χ1) is 23.2. The molecule has 1 nitrogen and oxygen atoms in total. The van der Waals surface area contributed by atoms with Crippen LogP contribution in [0.15, 0.2) is 0 Å². The van der Waals surface area contributed by atoms with Gasteiger partial charge in [-0.1, -0.05) is 159 Å². The zero-order chi connectivity index (χ0) is 41.0. The first-order valence-corrected chi connectivity index (χ1v) is 51.7. The van der Waals surface area contributed by atoms with E-state index in [1.807, 2.05) is 0 Å². The van der Waals surface area contributed by atoms with Gasteiger partial charge in [0.25, 0.3) is 0 Å². The van der Waals surface area contributed by atoms with Gasteiger partial charge in [-0.2, -0.15) is 0 Å². The van der Waals surface area contributed by atoms with Gasteiger partial charge in [0.2, 0.25) is 0 Å².